The van der Waals surface area contributed by atoms with E-state index in [1.54, 1.807) is 0 Å². The van der Waals surface area contributed by atoms with Crippen molar-refractivity contribution in [1.29, 1.82) is 0 Å². The quantitative estimate of drug-likeness (QED) is 0.932. The smallest absolute Gasteiger partial charge is 0.407 e. The Labute approximate surface area is 131 Å². The number of alkyl carbamates (subject to hydrolysis) is 1. The number of nitrogens with one attached hydrogen (secondary N) is 1. The summed E-state index contributed by atoms with van der Waals surface area (Å²) >= 11 is 0. The van der Waals surface area contributed by atoms with Gasteiger partial charge in [-0.15, -0.1) is 0 Å². The molecule has 0 unspecified atom stereocenters. The molecular weight excluding hydrogens is 278 g/mol. The lowest BCUT2D eigenvalue weighted by Crippen LogP contribution is -2.32. The van der Waals surface area contributed by atoms with Gasteiger partial charge in [-0.1, -0.05) is 30.4 Å². The van der Waals surface area contributed by atoms with Crippen molar-refractivity contribution in [3.63, 3.8) is 0 Å². The van der Waals surface area contributed by atoms with Crippen LogP contribution in [0.2, 0.25) is 0 Å². The molecule has 0 radical (unpaired) electrons. The van der Waals surface area contributed by atoms with Gasteiger partial charge in [-0.2, -0.15) is 0 Å². The number of hydrogen-bond donors (Lipinski definition) is 1. The summed E-state index contributed by atoms with van der Waals surface area (Å²) in [6.45, 7) is 5.92. The maximum absolute atomic E-state index is 11.5. The molecule has 4 heteroatoms. The van der Waals surface area contributed by atoms with E-state index in [1.165, 1.54) is 5.56 Å². The molecule has 0 aliphatic heterocycles. The third-order valence-electron chi connectivity index (χ3n) is 3.36. The van der Waals surface area contributed by atoms with Crippen molar-refractivity contribution in [2.45, 2.75) is 45.6 Å². The Kier molecular flexibility index (Phi) is 5.01. The molecule has 1 N–H and O–H groups in total. The predicted octanol–water partition coefficient (Wildman–Crippen LogP) is 3.28. The number of ketones is 1. The van der Waals surface area contributed by atoms with E-state index < -0.39 is 11.7 Å². The topological polar surface area (TPSA) is 55.4 Å². The Morgan fingerprint density at radius 3 is 2.77 bits per heavy atom. The van der Waals surface area contributed by atoms with E-state index in [2.05, 4.69) is 11.4 Å². The highest BCUT2D eigenvalue weighted by molar-refractivity contribution is 5.83. The number of carbonyl (C=O) groups is 2. The second kappa shape index (κ2) is 6.77. The van der Waals surface area contributed by atoms with Crippen LogP contribution in [0.3, 0.4) is 0 Å². The molecule has 118 valence electrons. The molecular formula is C18H23NO3. The van der Waals surface area contributed by atoms with Gasteiger partial charge in [0, 0.05) is 19.4 Å². The van der Waals surface area contributed by atoms with Gasteiger partial charge in [-0.25, -0.2) is 4.79 Å². The molecule has 0 fully saturated rings. The van der Waals surface area contributed by atoms with Crippen LogP contribution in [0.1, 0.15) is 43.9 Å². The minimum absolute atomic E-state index is 0.317. The molecule has 0 saturated carbocycles. The van der Waals surface area contributed by atoms with E-state index in [0.717, 1.165) is 17.5 Å². The molecule has 0 saturated heterocycles. The summed E-state index contributed by atoms with van der Waals surface area (Å²) in [4.78, 5) is 22.9. The van der Waals surface area contributed by atoms with Crippen LogP contribution in [-0.2, 0) is 22.4 Å². The summed E-state index contributed by atoms with van der Waals surface area (Å²) in [5, 5.41) is 2.68. The Bertz CT molecular complexity index is 597. The van der Waals surface area contributed by atoms with Gasteiger partial charge < -0.3 is 10.1 Å². The summed E-state index contributed by atoms with van der Waals surface area (Å²) in [7, 11) is 0. The maximum atomic E-state index is 11.5. The van der Waals surface area contributed by atoms with Crippen LogP contribution in [-0.4, -0.2) is 24.0 Å². The number of rotatable bonds is 3. The first-order valence-electron chi connectivity index (χ1n) is 7.60. The van der Waals surface area contributed by atoms with Gasteiger partial charge in [0.25, 0.3) is 0 Å². The van der Waals surface area contributed by atoms with Crippen LogP contribution >= 0.6 is 0 Å². The number of aryl methyl sites for hydroxylation is 1. The third-order valence-corrected chi connectivity index (χ3v) is 3.36. The number of hydrogen-bond acceptors (Lipinski definition) is 3. The van der Waals surface area contributed by atoms with E-state index in [0.29, 0.717) is 25.2 Å². The molecule has 1 aliphatic carbocycles. The number of fused-ring (bicyclic) bond motifs is 1. The lowest BCUT2D eigenvalue weighted by molar-refractivity contribution is -0.118. The van der Waals surface area contributed by atoms with E-state index >= 15 is 0 Å². The first-order chi connectivity index (χ1) is 10.3. The molecule has 0 aromatic heterocycles. The molecule has 0 bridgehead atoms. The molecule has 1 aliphatic rings. The average Bonchev–Trinajstić information content (AvgIpc) is 2.41. The lowest BCUT2D eigenvalue weighted by atomic mass is 9.89. The molecule has 1 aromatic carbocycles. The Morgan fingerprint density at radius 1 is 1.27 bits per heavy atom. The van der Waals surface area contributed by atoms with E-state index in [4.69, 9.17) is 4.74 Å². The van der Waals surface area contributed by atoms with Crippen LogP contribution in [0, 0.1) is 0 Å². The van der Waals surface area contributed by atoms with Gasteiger partial charge in [0.15, 0.2) is 0 Å². The number of benzene rings is 1. The first kappa shape index (κ1) is 16.3. The van der Waals surface area contributed by atoms with Crippen LogP contribution in [0.5, 0.6) is 0 Å². The minimum atomic E-state index is -0.482. The second-order valence-corrected chi connectivity index (χ2v) is 6.53. The fourth-order valence-corrected chi connectivity index (χ4v) is 2.38. The minimum Gasteiger partial charge on any atom is -0.444 e. The van der Waals surface area contributed by atoms with Gasteiger partial charge in [0.1, 0.15) is 11.4 Å². The van der Waals surface area contributed by atoms with Gasteiger partial charge in [0.05, 0.1) is 0 Å². The lowest BCUT2D eigenvalue weighted by Gasteiger charge is -2.19. The SMILES string of the molecule is CC(C)(C)OC(=O)NCC=Cc1ccc2c(c1)CCC(=O)C2. The highest BCUT2D eigenvalue weighted by atomic mass is 16.6. The Morgan fingerprint density at radius 2 is 2.05 bits per heavy atom. The fourth-order valence-electron chi connectivity index (χ4n) is 2.38. The predicted molar refractivity (Wildman–Crippen MR) is 86.7 cm³/mol. The van der Waals surface area contributed by atoms with Crippen molar-refractivity contribution in [2.24, 2.45) is 0 Å². The monoisotopic (exact) mass is 301 g/mol. The fraction of sp³-hybridized carbons (Fsp3) is 0.444. The summed E-state index contributed by atoms with van der Waals surface area (Å²) in [5.74, 6) is 0.317. The van der Waals surface area contributed by atoms with Crippen LogP contribution in [0.4, 0.5) is 4.79 Å². The van der Waals surface area contributed by atoms with Crippen molar-refractivity contribution in [3.05, 3.63) is 41.0 Å². The van der Waals surface area contributed by atoms with Crippen molar-refractivity contribution in [3.8, 4) is 0 Å². The van der Waals surface area contributed by atoms with Crippen LogP contribution in [0.15, 0.2) is 24.3 Å². The highest BCUT2D eigenvalue weighted by Crippen LogP contribution is 2.21. The zero-order valence-electron chi connectivity index (χ0n) is 13.4. The number of ether oxygens (including phenoxy) is 1. The van der Waals surface area contributed by atoms with E-state index in [9.17, 15) is 9.59 Å². The van der Waals surface area contributed by atoms with Crippen LogP contribution < -0.4 is 5.32 Å². The highest BCUT2D eigenvalue weighted by Gasteiger charge is 2.16. The third kappa shape index (κ3) is 5.02. The largest absolute Gasteiger partial charge is 0.444 e. The summed E-state index contributed by atoms with van der Waals surface area (Å²) < 4.78 is 5.16. The molecule has 2 rings (SSSR count). The molecule has 4 nitrogen and oxygen atoms in total. The molecule has 0 spiro atoms. The van der Waals surface area contributed by atoms with Gasteiger partial charge in [-0.3, -0.25) is 4.79 Å². The van der Waals surface area contributed by atoms with E-state index in [1.807, 2.05) is 45.1 Å². The first-order valence-corrected chi connectivity index (χ1v) is 7.60. The number of Topliss-reactive ketones (excluding diaryl/α,β-unsaturated/α-hetero) is 1. The molecule has 0 atom stereocenters. The molecule has 22 heavy (non-hydrogen) atoms. The van der Waals surface area contributed by atoms with Crippen molar-refractivity contribution in [1.82, 2.24) is 5.32 Å². The normalized spacial score (nSPS) is 14.8. The van der Waals surface area contributed by atoms with Crippen LogP contribution in [0.25, 0.3) is 6.08 Å². The zero-order chi connectivity index (χ0) is 16.2. The van der Waals surface area contributed by atoms with Crippen molar-refractivity contribution >= 4 is 18.0 Å². The maximum Gasteiger partial charge on any atom is 0.407 e. The summed E-state index contributed by atoms with van der Waals surface area (Å²) in [6, 6.07) is 6.14. The Hall–Kier alpha value is -2.10. The number of amides is 1. The Balaban J connectivity index is 1.86. The molecule has 1 aromatic rings. The van der Waals surface area contributed by atoms with Gasteiger partial charge in [-0.05, 0) is 43.9 Å². The second-order valence-electron chi connectivity index (χ2n) is 6.53. The average molecular weight is 301 g/mol. The van der Waals surface area contributed by atoms with Gasteiger partial charge in [0.2, 0.25) is 0 Å². The standard InChI is InChI=1S/C18H23NO3/c1-18(2,3)22-17(21)19-10-4-5-13-6-7-15-12-16(20)9-8-14(15)11-13/h4-7,11H,8-10,12H2,1-3H3,(H,19,21). The van der Waals surface area contributed by atoms with Gasteiger partial charge >= 0.3 is 6.09 Å². The van der Waals surface area contributed by atoms with Crippen molar-refractivity contribution < 1.29 is 14.3 Å². The zero-order valence-corrected chi connectivity index (χ0v) is 13.4. The molecule has 1 amide bonds. The summed E-state index contributed by atoms with van der Waals surface area (Å²) in [5.41, 5.74) is 2.99. The molecule has 0 heterocycles. The summed E-state index contributed by atoms with van der Waals surface area (Å²) in [6.07, 6.45) is 5.46. The van der Waals surface area contributed by atoms with E-state index in [-0.39, 0.29) is 0 Å². The van der Waals surface area contributed by atoms with Crippen molar-refractivity contribution in [2.75, 3.05) is 6.54 Å². The number of carbonyl (C=O) groups excluding carboxylic acids is 2.